The highest BCUT2D eigenvalue weighted by Crippen LogP contribution is 2.14. The zero-order valence-corrected chi connectivity index (χ0v) is 25.7. The van der Waals surface area contributed by atoms with E-state index in [1.54, 1.807) is 0 Å². The molecule has 0 saturated heterocycles. The Morgan fingerprint density at radius 1 is 0.667 bits per heavy atom. The number of aliphatic carboxylic acids is 3. The van der Waals surface area contributed by atoms with Crippen LogP contribution in [-0.4, -0.2) is 109 Å². The van der Waals surface area contributed by atoms with Gasteiger partial charge in [0.2, 0.25) is 11.8 Å². The van der Waals surface area contributed by atoms with Gasteiger partial charge in [-0.05, 0) is 52.1 Å². The van der Waals surface area contributed by atoms with Crippen LogP contribution >= 0.6 is 0 Å². The highest BCUT2D eigenvalue weighted by Gasteiger charge is 2.39. The van der Waals surface area contributed by atoms with Crippen molar-refractivity contribution in [2.75, 3.05) is 32.7 Å². The van der Waals surface area contributed by atoms with E-state index in [-0.39, 0.29) is 24.3 Å². The maximum absolute atomic E-state index is 11.7. The number of nitrogens with one attached hydrogen (secondary N) is 4. The number of hydrogen-bond acceptors (Lipinski definition) is 9. The van der Waals surface area contributed by atoms with Crippen molar-refractivity contribution >= 4 is 36.1 Å². The number of rotatable bonds is 18. The van der Waals surface area contributed by atoms with Gasteiger partial charge < -0.3 is 42.4 Å². The molecule has 0 saturated carbocycles. The Morgan fingerprint density at radius 2 is 1.02 bits per heavy atom. The first-order valence-electron chi connectivity index (χ1n) is 13.7. The van der Waals surface area contributed by atoms with Crippen molar-refractivity contribution in [1.29, 1.82) is 0 Å². The number of halogens is 9. The van der Waals surface area contributed by atoms with E-state index in [2.05, 4.69) is 26.4 Å². The van der Waals surface area contributed by atoms with Gasteiger partial charge in [-0.25, -0.2) is 20.2 Å². The van der Waals surface area contributed by atoms with Gasteiger partial charge in [0.05, 0.1) is 6.34 Å². The molecule has 0 unspecified atom stereocenters. The molecule has 1 atom stereocenters. The number of carbonyl (C=O) groups excluding carboxylic acids is 2. The number of unbranched alkanes of at least 4 members (excludes halogenated alkanes) is 4. The van der Waals surface area contributed by atoms with Gasteiger partial charge >= 0.3 is 36.4 Å². The first-order chi connectivity index (χ1) is 21.9. The van der Waals surface area contributed by atoms with E-state index >= 15 is 0 Å². The van der Waals surface area contributed by atoms with E-state index in [0.717, 1.165) is 64.6 Å². The summed E-state index contributed by atoms with van der Waals surface area (Å²) in [5.41, 5.74) is 8.03. The Bertz CT molecular complexity index is 878. The molecule has 0 aliphatic carbocycles. The lowest BCUT2D eigenvalue weighted by molar-refractivity contribution is -0.193. The molecule has 0 aromatic carbocycles. The van der Waals surface area contributed by atoms with Gasteiger partial charge in [-0.15, -0.1) is 0 Å². The van der Waals surface area contributed by atoms with Gasteiger partial charge in [0.15, 0.2) is 0 Å². The van der Waals surface area contributed by atoms with Crippen LogP contribution in [0.15, 0.2) is 4.99 Å². The lowest BCUT2D eigenvalue weighted by Gasteiger charge is -2.08. The molecule has 0 aromatic heterocycles. The summed E-state index contributed by atoms with van der Waals surface area (Å²) < 4.78 is 95.2. The predicted octanol–water partition coefficient (Wildman–Crippen LogP) is 1.67. The van der Waals surface area contributed by atoms with Crippen LogP contribution in [0.2, 0.25) is 0 Å². The first kappa shape index (κ1) is 50.9. The fraction of sp³-hybridized carbons (Fsp3) is 0.750. The van der Waals surface area contributed by atoms with Gasteiger partial charge in [-0.2, -0.15) is 39.5 Å². The second-order valence-electron chi connectivity index (χ2n) is 9.12. The Hall–Kier alpha value is -3.93. The standard InChI is InChI=1S/C18H39N7O2.3C2HF3O2/c1-16(19)8-13-21-9-6-7-12-24-18(27)14-17(26)23-11-5-3-2-4-10-22-15-25-20;3*3-2(4,5)1(6)7/h15-16,21H,2-14,19-20H2,1H3,(H,22,25)(H,23,26)(H,24,27);3*(H,6,7)/t16-;;;/m1.../s1. The molecule has 0 radical (unpaired) electrons. The van der Waals surface area contributed by atoms with Gasteiger partial charge in [0, 0.05) is 25.7 Å². The van der Waals surface area contributed by atoms with Crippen molar-refractivity contribution in [3.05, 3.63) is 0 Å². The number of nitrogens with two attached hydrogens (primary N) is 2. The van der Waals surface area contributed by atoms with Crippen LogP contribution in [-0.2, 0) is 24.0 Å². The summed E-state index contributed by atoms with van der Waals surface area (Å²) in [6.07, 6.45) is -7.05. The minimum absolute atomic E-state index is 0.104. The number of nitrogens with zero attached hydrogens (tertiary/aromatic N) is 1. The highest BCUT2D eigenvalue weighted by molar-refractivity contribution is 5.96. The van der Waals surface area contributed by atoms with Crippen molar-refractivity contribution < 1.29 is 78.8 Å². The van der Waals surface area contributed by atoms with Gasteiger partial charge in [-0.3, -0.25) is 14.6 Å². The molecule has 2 amide bonds. The molecule has 0 spiro atoms. The van der Waals surface area contributed by atoms with Crippen LogP contribution in [0.25, 0.3) is 0 Å². The van der Waals surface area contributed by atoms with Crippen LogP contribution in [0.5, 0.6) is 0 Å². The third-order valence-electron chi connectivity index (χ3n) is 4.63. The minimum atomic E-state index is -5.08. The molecule has 0 rings (SSSR count). The highest BCUT2D eigenvalue weighted by atomic mass is 19.4. The SMILES string of the molecule is C[C@@H](N)CCNCCCCNC(=O)CC(=O)NCCCCCCN=CNN.O=C(O)C(F)(F)F.O=C(O)C(F)(F)F.O=C(O)C(F)(F)F. The Kier molecular flexibility index (Phi) is 31.0. The number of alkyl halides is 9. The number of carboxylic acids is 3. The molecule has 15 nitrogen and oxygen atoms in total. The molecule has 0 heterocycles. The zero-order chi connectivity index (χ0) is 38.4. The zero-order valence-electron chi connectivity index (χ0n) is 25.7. The molecular weight excluding hydrogens is 685 g/mol. The molecule has 11 N–H and O–H groups in total. The normalized spacial score (nSPS) is 11.8. The van der Waals surface area contributed by atoms with Gasteiger partial charge in [-0.1, -0.05) is 12.8 Å². The maximum Gasteiger partial charge on any atom is 0.490 e. The van der Waals surface area contributed by atoms with E-state index < -0.39 is 36.4 Å². The molecule has 0 aliphatic heterocycles. The number of hydrazine groups is 1. The summed E-state index contributed by atoms with van der Waals surface area (Å²) in [7, 11) is 0. The van der Waals surface area contributed by atoms with E-state index in [9.17, 15) is 49.1 Å². The third kappa shape index (κ3) is 44.2. The van der Waals surface area contributed by atoms with E-state index in [1.807, 2.05) is 6.92 Å². The fourth-order valence-electron chi connectivity index (χ4n) is 2.36. The average molecular weight is 728 g/mol. The number of carboxylic acid groups (broad SMARTS) is 3. The summed E-state index contributed by atoms with van der Waals surface area (Å²) in [5, 5.41) is 30.3. The smallest absolute Gasteiger partial charge is 0.475 e. The quantitative estimate of drug-likeness (QED) is 0.0186. The van der Waals surface area contributed by atoms with Crippen LogP contribution in [0.3, 0.4) is 0 Å². The maximum atomic E-state index is 11.7. The second-order valence-corrected chi connectivity index (χ2v) is 9.12. The average Bonchev–Trinajstić information content (AvgIpc) is 2.93. The van der Waals surface area contributed by atoms with Crippen molar-refractivity contribution in [3.8, 4) is 0 Å². The molecule has 48 heavy (non-hydrogen) atoms. The van der Waals surface area contributed by atoms with Gasteiger partial charge in [0.1, 0.15) is 6.42 Å². The molecule has 0 aliphatic rings. The largest absolute Gasteiger partial charge is 0.490 e. The van der Waals surface area contributed by atoms with E-state index in [1.165, 1.54) is 6.34 Å². The summed E-state index contributed by atoms with van der Waals surface area (Å²) in [4.78, 5) is 54.1. The number of aliphatic imine (C=N–C) groups is 1. The molecule has 24 heteroatoms. The Morgan fingerprint density at radius 3 is 1.38 bits per heavy atom. The molecule has 0 fully saturated rings. The van der Waals surface area contributed by atoms with E-state index in [0.29, 0.717) is 13.1 Å². The van der Waals surface area contributed by atoms with Crippen LogP contribution in [0, 0.1) is 0 Å². The molecular formula is C24H42F9N7O8. The van der Waals surface area contributed by atoms with Crippen LogP contribution in [0.1, 0.15) is 58.3 Å². The summed E-state index contributed by atoms with van der Waals surface area (Å²) >= 11 is 0. The lowest BCUT2D eigenvalue weighted by Crippen LogP contribution is -2.33. The lowest BCUT2D eigenvalue weighted by atomic mass is 10.2. The predicted molar refractivity (Wildman–Crippen MR) is 151 cm³/mol. The topological polar surface area (TPSA) is 259 Å². The summed E-state index contributed by atoms with van der Waals surface area (Å²) in [6, 6.07) is 0.224. The molecule has 284 valence electrons. The number of carbonyl (C=O) groups is 5. The molecule has 0 aromatic rings. The second kappa shape index (κ2) is 29.2. The summed E-state index contributed by atoms with van der Waals surface area (Å²) in [6.45, 7) is 5.78. The number of hydrogen-bond donors (Lipinski definition) is 9. The Balaban J connectivity index is -0.000000369. The van der Waals surface area contributed by atoms with Crippen LogP contribution < -0.4 is 33.0 Å². The molecule has 0 bridgehead atoms. The number of amides is 2. The Labute approximate surface area is 269 Å². The first-order valence-corrected chi connectivity index (χ1v) is 13.7. The van der Waals surface area contributed by atoms with Crippen LogP contribution in [0.4, 0.5) is 39.5 Å². The minimum Gasteiger partial charge on any atom is -0.475 e. The van der Waals surface area contributed by atoms with Crippen molar-refractivity contribution in [2.45, 2.75) is 82.9 Å². The fourth-order valence-corrected chi connectivity index (χ4v) is 2.36. The van der Waals surface area contributed by atoms with Crippen molar-refractivity contribution in [1.82, 2.24) is 21.4 Å². The monoisotopic (exact) mass is 727 g/mol. The van der Waals surface area contributed by atoms with Crippen molar-refractivity contribution in [2.24, 2.45) is 16.6 Å². The third-order valence-corrected chi connectivity index (χ3v) is 4.63. The van der Waals surface area contributed by atoms with Gasteiger partial charge in [0.25, 0.3) is 0 Å². The summed E-state index contributed by atoms with van der Waals surface area (Å²) in [5.74, 6) is -3.65. The van der Waals surface area contributed by atoms with E-state index in [4.69, 9.17) is 41.3 Å². The van der Waals surface area contributed by atoms with Crippen molar-refractivity contribution in [3.63, 3.8) is 0 Å².